The van der Waals surface area contributed by atoms with E-state index in [9.17, 15) is 15.8 Å². The van der Waals surface area contributed by atoms with Gasteiger partial charge in [-0.2, -0.15) is 15.8 Å². The first-order chi connectivity index (χ1) is 12.7. The van der Waals surface area contributed by atoms with Crippen LogP contribution in [0.3, 0.4) is 0 Å². The lowest BCUT2D eigenvalue weighted by Gasteiger charge is -2.36. The van der Waals surface area contributed by atoms with Crippen LogP contribution in [0.5, 0.6) is 0 Å². The van der Waals surface area contributed by atoms with E-state index in [2.05, 4.69) is 52.1 Å². The van der Waals surface area contributed by atoms with Gasteiger partial charge in [0.05, 0.1) is 42.1 Å². The van der Waals surface area contributed by atoms with Crippen LogP contribution in [0.25, 0.3) is 0 Å². The summed E-state index contributed by atoms with van der Waals surface area (Å²) in [5.74, 6) is 1.40. The van der Waals surface area contributed by atoms with Crippen molar-refractivity contribution in [2.45, 2.75) is 45.3 Å². The lowest BCUT2D eigenvalue weighted by Crippen LogP contribution is -2.41. The van der Waals surface area contributed by atoms with Gasteiger partial charge in [-0.3, -0.25) is 0 Å². The molecule has 0 amide bonds. The Kier molecular flexibility index (Phi) is 6.95. The molecule has 1 aliphatic carbocycles. The second-order valence-electron chi connectivity index (χ2n) is 8.44. The van der Waals surface area contributed by atoms with Gasteiger partial charge in [0, 0.05) is 28.9 Å². The average molecular weight is 404 g/mol. The molecule has 1 aliphatic heterocycles. The zero-order valence-electron chi connectivity index (χ0n) is 16.9. The molecule has 0 radical (unpaired) electrons. The summed E-state index contributed by atoms with van der Waals surface area (Å²) in [4.78, 5) is 0.854. The smallest absolute Gasteiger partial charge is 0.191 e. The molecule has 146 valence electrons. The molecule has 1 saturated heterocycles. The summed E-state index contributed by atoms with van der Waals surface area (Å²) in [6, 6.07) is 6.79. The normalized spacial score (nSPS) is 22.4. The first-order valence-corrected chi connectivity index (χ1v) is 14.0. The van der Waals surface area contributed by atoms with Crippen molar-refractivity contribution in [1.29, 1.82) is 15.8 Å². The second-order valence-corrected chi connectivity index (χ2v) is 15.7. The lowest BCUT2D eigenvalue weighted by molar-refractivity contribution is 0.160. The molecule has 1 atom stereocenters. The Bertz CT molecular complexity index is 769. The van der Waals surface area contributed by atoms with Gasteiger partial charge in [0.15, 0.2) is 8.32 Å². The fourth-order valence-electron chi connectivity index (χ4n) is 3.18. The van der Waals surface area contributed by atoms with Gasteiger partial charge >= 0.3 is 0 Å². The van der Waals surface area contributed by atoms with Crippen LogP contribution in [0, 0.1) is 39.9 Å². The molecule has 0 aromatic rings. The molecule has 1 heterocycles. The summed E-state index contributed by atoms with van der Waals surface area (Å²) >= 11 is 0. The monoisotopic (exact) mass is 403 g/mol. The molecular formula is C20H29N3O2SSi. The SMILES string of the molecule is CC(C)(C)[Si](C)(C)OCCC1C(C#N)=C(C#N)C([SH]2CCOCC2)=C1C#N. The highest BCUT2D eigenvalue weighted by Gasteiger charge is 2.39. The predicted molar refractivity (Wildman–Crippen MR) is 112 cm³/mol. The molecule has 7 heteroatoms. The molecule has 27 heavy (non-hydrogen) atoms. The Hall–Kier alpha value is -1.56. The van der Waals surface area contributed by atoms with E-state index in [0.717, 1.165) is 16.4 Å². The van der Waals surface area contributed by atoms with E-state index in [1.54, 1.807) is 0 Å². The Morgan fingerprint density at radius 2 is 1.67 bits per heavy atom. The number of hydrogen-bond donors (Lipinski definition) is 1. The Balaban J connectivity index is 2.28. The molecular weight excluding hydrogens is 374 g/mol. The number of rotatable bonds is 5. The molecule has 2 aliphatic rings. The number of ether oxygens (including phenoxy) is 1. The van der Waals surface area contributed by atoms with Crippen molar-refractivity contribution in [2.24, 2.45) is 5.92 Å². The van der Waals surface area contributed by atoms with Crippen LogP contribution in [0.15, 0.2) is 21.6 Å². The predicted octanol–water partition coefficient (Wildman–Crippen LogP) is 4.18. The van der Waals surface area contributed by atoms with Crippen molar-refractivity contribution in [3.05, 3.63) is 21.6 Å². The van der Waals surface area contributed by atoms with E-state index in [-0.39, 0.29) is 11.0 Å². The van der Waals surface area contributed by atoms with Gasteiger partial charge in [-0.05, 0) is 24.6 Å². The Morgan fingerprint density at radius 3 is 2.15 bits per heavy atom. The average Bonchev–Trinajstić information content (AvgIpc) is 2.93. The molecule has 0 saturated carbocycles. The molecule has 5 nitrogen and oxygen atoms in total. The maximum absolute atomic E-state index is 9.85. The van der Waals surface area contributed by atoms with Crippen LogP contribution in [-0.4, -0.2) is 39.6 Å². The van der Waals surface area contributed by atoms with Gasteiger partial charge in [0.1, 0.15) is 6.07 Å². The fourth-order valence-corrected chi connectivity index (χ4v) is 6.64. The van der Waals surface area contributed by atoms with Gasteiger partial charge in [-0.1, -0.05) is 20.8 Å². The zero-order valence-corrected chi connectivity index (χ0v) is 18.8. The van der Waals surface area contributed by atoms with Gasteiger partial charge in [-0.25, -0.2) is 10.9 Å². The highest BCUT2D eigenvalue weighted by Crippen LogP contribution is 2.51. The molecule has 0 bridgehead atoms. The standard InChI is InChI=1S/C20H29N3O2SSi/c1-20(2,3)27(4,5)25-7-6-15-16(12-21)18(14-23)19(17(15)13-22)26-10-8-24-9-11-26/h15,26H,6-11H2,1-5H3. The summed E-state index contributed by atoms with van der Waals surface area (Å²) in [7, 11) is -2.50. The summed E-state index contributed by atoms with van der Waals surface area (Å²) < 4.78 is 11.7. The largest absolute Gasteiger partial charge is 0.417 e. The molecule has 2 rings (SSSR count). The highest BCUT2D eigenvalue weighted by molar-refractivity contribution is 8.20. The minimum Gasteiger partial charge on any atom is -0.417 e. The summed E-state index contributed by atoms with van der Waals surface area (Å²) in [5.41, 5.74) is 1.52. The number of hydrogen-bond acceptors (Lipinski definition) is 5. The van der Waals surface area contributed by atoms with Crippen molar-refractivity contribution in [3.63, 3.8) is 0 Å². The third-order valence-electron chi connectivity index (χ3n) is 5.81. The molecule has 0 spiro atoms. The Labute approximate surface area is 166 Å². The van der Waals surface area contributed by atoms with Crippen LogP contribution in [0.4, 0.5) is 0 Å². The molecule has 1 fully saturated rings. The topological polar surface area (TPSA) is 89.8 Å². The van der Waals surface area contributed by atoms with E-state index >= 15 is 0 Å². The minimum absolute atomic E-state index is 0.110. The fraction of sp³-hybridized carbons (Fsp3) is 0.650. The minimum atomic E-state index is -1.89. The van der Waals surface area contributed by atoms with Crippen LogP contribution in [0.2, 0.25) is 18.1 Å². The third-order valence-corrected chi connectivity index (χ3v) is 12.9. The first kappa shape index (κ1) is 21.7. The van der Waals surface area contributed by atoms with Crippen molar-refractivity contribution in [1.82, 2.24) is 0 Å². The quantitative estimate of drug-likeness (QED) is 0.549. The van der Waals surface area contributed by atoms with Gasteiger partial charge in [-0.15, -0.1) is 0 Å². The van der Waals surface area contributed by atoms with Gasteiger partial charge in [0.2, 0.25) is 0 Å². The number of allylic oxidation sites excluding steroid dienone is 3. The van der Waals surface area contributed by atoms with E-state index in [0.29, 0.717) is 43.0 Å². The molecule has 0 aromatic carbocycles. The second kappa shape index (κ2) is 8.63. The summed E-state index contributed by atoms with van der Waals surface area (Å²) in [5, 5.41) is 29.4. The van der Waals surface area contributed by atoms with Crippen molar-refractivity contribution >= 4 is 19.2 Å². The van der Waals surface area contributed by atoms with E-state index in [4.69, 9.17) is 9.16 Å². The maximum Gasteiger partial charge on any atom is 0.191 e. The van der Waals surface area contributed by atoms with Crippen LogP contribution in [0.1, 0.15) is 27.2 Å². The molecule has 1 unspecified atom stereocenters. The number of nitrogens with zero attached hydrogens (tertiary/aromatic N) is 3. The van der Waals surface area contributed by atoms with Gasteiger partial charge < -0.3 is 9.16 Å². The van der Waals surface area contributed by atoms with E-state index in [1.807, 2.05) is 0 Å². The van der Waals surface area contributed by atoms with E-state index in [1.165, 1.54) is 0 Å². The third kappa shape index (κ3) is 4.47. The Morgan fingerprint density at radius 1 is 1.07 bits per heavy atom. The molecule has 0 aromatic heterocycles. The van der Waals surface area contributed by atoms with Crippen molar-refractivity contribution < 1.29 is 9.16 Å². The van der Waals surface area contributed by atoms with Crippen molar-refractivity contribution in [2.75, 3.05) is 31.3 Å². The summed E-state index contributed by atoms with van der Waals surface area (Å²) in [6.45, 7) is 12.8. The first-order valence-electron chi connectivity index (χ1n) is 9.33. The van der Waals surface area contributed by atoms with E-state index < -0.39 is 19.2 Å². The van der Waals surface area contributed by atoms with Crippen LogP contribution in [-0.2, 0) is 9.16 Å². The van der Waals surface area contributed by atoms with Crippen LogP contribution < -0.4 is 0 Å². The van der Waals surface area contributed by atoms with Crippen LogP contribution >= 0.6 is 10.9 Å². The zero-order chi connectivity index (χ0) is 20.2. The highest BCUT2D eigenvalue weighted by atomic mass is 32.2. The molecule has 0 N–H and O–H groups in total. The van der Waals surface area contributed by atoms with Gasteiger partial charge in [0.25, 0.3) is 0 Å². The maximum atomic E-state index is 9.85. The summed E-state index contributed by atoms with van der Waals surface area (Å²) in [6.07, 6.45) is 0.576. The van der Waals surface area contributed by atoms with Crippen molar-refractivity contribution in [3.8, 4) is 18.2 Å². The number of nitriles is 3. The lowest BCUT2D eigenvalue weighted by atomic mass is 9.93. The number of thiol groups is 1.